The van der Waals surface area contributed by atoms with Crippen molar-refractivity contribution in [3.8, 4) is 11.5 Å². The summed E-state index contributed by atoms with van der Waals surface area (Å²) in [5.41, 5.74) is 0.858. The highest BCUT2D eigenvalue weighted by Crippen LogP contribution is 2.52. The third-order valence-electron chi connectivity index (χ3n) is 7.09. The van der Waals surface area contributed by atoms with E-state index >= 15 is 13.2 Å². The standard InChI is InChI=1S/C27H30F3N3O6S/c1-25(2)14-19-23(20(34)15-25)26(27(28,29)30,32-40(36,37)18-8-6-17(31)7-9-18)24(35)33(19)12-11-16-5-10-21(38-3)22(13-16)39-4/h5-10,13,32H,11-12,14-15,31H2,1-4H3. The van der Waals surface area contributed by atoms with Crippen LogP contribution in [0.15, 0.2) is 58.6 Å². The van der Waals surface area contributed by atoms with Crippen LogP contribution in [0.25, 0.3) is 0 Å². The number of ketones is 1. The van der Waals surface area contributed by atoms with Gasteiger partial charge in [-0.3, -0.25) is 9.59 Å². The maximum absolute atomic E-state index is 15.0. The number of nitrogen functional groups attached to an aromatic ring is 1. The van der Waals surface area contributed by atoms with E-state index in [1.807, 2.05) is 0 Å². The number of hydrogen-bond acceptors (Lipinski definition) is 7. The number of methoxy groups -OCH3 is 2. The number of hydrogen-bond donors (Lipinski definition) is 2. The van der Waals surface area contributed by atoms with Gasteiger partial charge in [-0.15, -0.1) is 0 Å². The lowest BCUT2D eigenvalue weighted by atomic mass is 9.72. The number of halogens is 3. The predicted molar refractivity (Wildman–Crippen MR) is 140 cm³/mol. The second-order valence-corrected chi connectivity index (χ2v) is 12.3. The number of alkyl halides is 3. The van der Waals surface area contributed by atoms with Crippen molar-refractivity contribution in [1.82, 2.24) is 9.62 Å². The molecule has 9 nitrogen and oxygen atoms in total. The minimum atomic E-state index is -5.47. The van der Waals surface area contributed by atoms with Gasteiger partial charge in [-0.05, 0) is 60.2 Å². The fourth-order valence-corrected chi connectivity index (χ4v) is 6.53. The Hall–Kier alpha value is -3.58. The SMILES string of the molecule is COc1ccc(CCN2C(=O)C(NS(=O)(=O)c3ccc(N)cc3)(C(F)(F)F)C3=C2CC(C)(C)CC3=O)cc1OC. The van der Waals surface area contributed by atoms with Crippen LogP contribution < -0.4 is 19.9 Å². The number of Topliss-reactive ketones (excluding diaryl/α,β-unsaturated/α-hetero) is 1. The Morgan fingerprint density at radius 3 is 2.20 bits per heavy atom. The Morgan fingerprint density at radius 1 is 1.00 bits per heavy atom. The van der Waals surface area contributed by atoms with Gasteiger partial charge in [-0.1, -0.05) is 19.9 Å². The monoisotopic (exact) mass is 581 g/mol. The molecule has 1 amide bonds. The lowest BCUT2D eigenvalue weighted by Gasteiger charge is -2.35. The first kappa shape index (κ1) is 29.4. The van der Waals surface area contributed by atoms with Gasteiger partial charge < -0.3 is 20.1 Å². The Balaban J connectivity index is 1.81. The van der Waals surface area contributed by atoms with Crippen LogP contribution in [0.4, 0.5) is 18.9 Å². The van der Waals surface area contributed by atoms with Crippen LogP contribution in [0.2, 0.25) is 0 Å². The lowest BCUT2D eigenvalue weighted by Crippen LogP contribution is -2.66. The highest BCUT2D eigenvalue weighted by atomic mass is 32.2. The summed E-state index contributed by atoms with van der Waals surface area (Å²) in [5, 5.41) is 0. The third kappa shape index (κ3) is 5.03. The van der Waals surface area contributed by atoms with Gasteiger partial charge in [0.15, 0.2) is 17.3 Å². The molecule has 1 atom stereocenters. The van der Waals surface area contributed by atoms with Gasteiger partial charge in [0, 0.05) is 24.4 Å². The third-order valence-corrected chi connectivity index (χ3v) is 8.56. The molecule has 1 heterocycles. The van der Waals surface area contributed by atoms with Crippen LogP contribution in [-0.2, 0) is 26.0 Å². The summed E-state index contributed by atoms with van der Waals surface area (Å²) in [6, 6.07) is 9.39. The summed E-state index contributed by atoms with van der Waals surface area (Å²) in [6.07, 6.45) is -5.70. The van der Waals surface area contributed by atoms with Crippen molar-refractivity contribution in [3.63, 3.8) is 0 Å². The van der Waals surface area contributed by atoms with Gasteiger partial charge in [0.05, 0.1) is 24.7 Å². The number of nitrogens with zero attached hydrogens (tertiary/aromatic N) is 1. The van der Waals surface area contributed by atoms with E-state index in [1.165, 1.54) is 26.4 Å². The van der Waals surface area contributed by atoms with Crippen molar-refractivity contribution in [2.24, 2.45) is 5.41 Å². The zero-order valence-corrected chi connectivity index (χ0v) is 23.2. The van der Waals surface area contributed by atoms with Crippen LogP contribution in [0.3, 0.4) is 0 Å². The molecule has 4 rings (SSSR count). The van der Waals surface area contributed by atoms with Crippen LogP contribution in [0.5, 0.6) is 11.5 Å². The summed E-state index contributed by atoms with van der Waals surface area (Å²) < 4.78 is 83.7. The number of benzene rings is 2. The van der Waals surface area contributed by atoms with E-state index in [4.69, 9.17) is 15.2 Å². The number of carbonyl (C=O) groups is 2. The Kier molecular flexibility index (Phi) is 7.43. The van der Waals surface area contributed by atoms with Gasteiger partial charge in [-0.2, -0.15) is 17.9 Å². The van der Waals surface area contributed by atoms with Crippen LogP contribution >= 0.6 is 0 Å². The number of amides is 1. The minimum absolute atomic E-state index is 0.0345. The minimum Gasteiger partial charge on any atom is -0.493 e. The summed E-state index contributed by atoms with van der Waals surface area (Å²) in [6.45, 7) is 3.17. The van der Waals surface area contributed by atoms with Gasteiger partial charge in [-0.25, -0.2) is 8.42 Å². The zero-order valence-electron chi connectivity index (χ0n) is 22.4. The normalized spacial score (nSPS) is 21.0. The van der Waals surface area contributed by atoms with Crippen LogP contribution in [0.1, 0.15) is 32.3 Å². The highest BCUT2D eigenvalue weighted by Gasteiger charge is 2.72. The fraction of sp³-hybridized carbons (Fsp3) is 0.407. The number of nitrogens with two attached hydrogens (primary N) is 1. The van der Waals surface area contributed by atoms with E-state index in [0.29, 0.717) is 17.1 Å². The molecule has 40 heavy (non-hydrogen) atoms. The van der Waals surface area contributed by atoms with E-state index in [9.17, 15) is 18.0 Å². The quantitative estimate of drug-likeness (QED) is 0.456. The molecule has 216 valence electrons. The summed E-state index contributed by atoms with van der Waals surface area (Å²) in [4.78, 5) is 27.5. The first-order valence-corrected chi connectivity index (χ1v) is 13.8. The van der Waals surface area contributed by atoms with Crippen LogP contribution in [-0.4, -0.2) is 57.5 Å². The molecule has 13 heteroatoms. The molecule has 1 aliphatic carbocycles. The number of carbonyl (C=O) groups excluding carboxylic acids is 2. The molecule has 0 saturated heterocycles. The highest BCUT2D eigenvalue weighted by molar-refractivity contribution is 7.89. The largest absolute Gasteiger partial charge is 0.493 e. The molecule has 1 aliphatic heterocycles. The lowest BCUT2D eigenvalue weighted by molar-refractivity contribution is -0.188. The van der Waals surface area contributed by atoms with Gasteiger partial charge in [0.2, 0.25) is 15.6 Å². The molecule has 0 spiro atoms. The van der Waals surface area contributed by atoms with Crippen molar-refractivity contribution in [2.75, 3.05) is 26.5 Å². The van der Waals surface area contributed by atoms with Crippen molar-refractivity contribution in [3.05, 3.63) is 59.3 Å². The molecular formula is C27H30F3N3O6S. The van der Waals surface area contributed by atoms with Gasteiger partial charge in [0.25, 0.3) is 5.91 Å². The maximum Gasteiger partial charge on any atom is 0.421 e. The summed E-state index contributed by atoms with van der Waals surface area (Å²) in [5.74, 6) is -1.68. The number of allylic oxidation sites excluding steroid dienone is 1. The van der Waals surface area contributed by atoms with E-state index < -0.39 is 49.3 Å². The first-order chi connectivity index (χ1) is 18.6. The van der Waals surface area contributed by atoms with E-state index in [0.717, 1.165) is 17.0 Å². The molecule has 2 aromatic rings. The number of nitrogens with one attached hydrogen (secondary N) is 1. The molecule has 0 bridgehead atoms. The van der Waals surface area contributed by atoms with Crippen molar-refractivity contribution < 1.29 is 40.7 Å². The van der Waals surface area contributed by atoms with Gasteiger partial charge >= 0.3 is 6.18 Å². The number of ether oxygens (including phenoxy) is 2. The van der Waals surface area contributed by atoms with Crippen molar-refractivity contribution >= 4 is 27.4 Å². The summed E-state index contributed by atoms with van der Waals surface area (Å²) >= 11 is 0. The average Bonchev–Trinajstić information content (AvgIpc) is 3.09. The van der Waals surface area contributed by atoms with Crippen molar-refractivity contribution in [1.29, 1.82) is 0 Å². The van der Waals surface area contributed by atoms with E-state index in [2.05, 4.69) is 0 Å². The Morgan fingerprint density at radius 2 is 1.62 bits per heavy atom. The fourth-order valence-electron chi connectivity index (χ4n) is 5.21. The molecule has 1 unspecified atom stereocenters. The molecule has 3 N–H and O–H groups in total. The smallest absolute Gasteiger partial charge is 0.421 e. The number of sulfonamides is 1. The second-order valence-electron chi connectivity index (χ2n) is 10.6. The topological polar surface area (TPSA) is 128 Å². The zero-order chi connectivity index (χ0) is 29.7. The number of anilines is 1. The van der Waals surface area contributed by atoms with Gasteiger partial charge in [0.1, 0.15) is 0 Å². The molecule has 0 fully saturated rings. The molecular weight excluding hydrogens is 551 g/mol. The molecule has 2 aliphatic rings. The molecule has 0 radical (unpaired) electrons. The molecule has 0 saturated carbocycles. The molecule has 0 aromatic heterocycles. The summed E-state index contributed by atoms with van der Waals surface area (Å²) in [7, 11) is -2.04. The Bertz CT molecular complexity index is 1490. The average molecular weight is 582 g/mol. The van der Waals surface area contributed by atoms with Crippen LogP contribution in [0, 0.1) is 5.41 Å². The van der Waals surface area contributed by atoms with Crippen molar-refractivity contribution in [2.45, 2.75) is 49.7 Å². The Labute approximate surface area is 230 Å². The first-order valence-electron chi connectivity index (χ1n) is 12.3. The maximum atomic E-state index is 15.0. The molecule has 2 aromatic carbocycles. The van der Waals surface area contributed by atoms with E-state index in [1.54, 1.807) is 36.8 Å². The number of rotatable bonds is 8. The van der Waals surface area contributed by atoms with E-state index in [-0.39, 0.29) is 37.2 Å². The second kappa shape index (κ2) is 10.1. The predicted octanol–water partition coefficient (Wildman–Crippen LogP) is 3.59.